The molecule has 0 atom stereocenters. The number of hydrogen-bond acceptors (Lipinski definition) is 8. The number of esters is 2. The van der Waals surface area contributed by atoms with Crippen molar-refractivity contribution in [2.45, 2.75) is 13.8 Å². The molecule has 8 nitrogen and oxygen atoms in total. The molecule has 0 radical (unpaired) electrons. The summed E-state index contributed by atoms with van der Waals surface area (Å²) >= 11 is 0. The van der Waals surface area contributed by atoms with Crippen LogP contribution in [0.3, 0.4) is 0 Å². The van der Waals surface area contributed by atoms with Gasteiger partial charge in [0.2, 0.25) is 0 Å². The molecule has 0 bridgehead atoms. The van der Waals surface area contributed by atoms with E-state index in [-0.39, 0.29) is 98.1 Å². The van der Waals surface area contributed by atoms with Gasteiger partial charge >= 0.3 is 87.4 Å². The Kier molecular flexibility index (Phi) is 15.3. The maximum atomic E-state index is 10.6. The SMILES string of the molecule is CC(=O)Oc1ccccc1C(=O)[O-].CC(=O)Oc1ccccc1C(=O)[O-].[Ca+2].[Ca+2]. The Bertz CT molecular complexity index is 766. The molecular formula is C18H14Ca2O8+2. The Hall–Kier alpha value is -1.16. The Morgan fingerprint density at radius 2 is 0.929 bits per heavy atom. The van der Waals surface area contributed by atoms with Crippen LogP contribution < -0.4 is 19.7 Å². The summed E-state index contributed by atoms with van der Waals surface area (Å²) in [4.78, 5) is 42.1. The number of carbonyl (C=O) groups is 4. The van der Waals surface area contributed by atoms with Crippen molar-refractivity contribution in [3.63, 3.8) is 0 Å². The topological polar surface area (TPSA) is 133 Å². The molecule has 0 amide bonds. The van der Waals surface area contributed by atoms with Gasteiger partial charge in [0, 0.05) is 25.0 Å². The normalized spacial score (nSPS) is 8.64. The minimum absolute atomic E-state index is 0. The van der Waals surface area contributed by atoms with Crippen molar-refractivity contribution >= 4 is 99.4 Å². The molecule has 2 aromatic rings. The Morgan fingerprint density at radius 3 is 1.18 bits per heavy atom. The van der Waals surface area contributed by atoms with Gasteiger partial charge in [-0.1, -0.05) is 24.3 Å². The largest absolute Gasteiger partial charge is 2.00 e. The van der Waals surface area contributed by atoms with Gasteiger partial charge < -0.3 is 29.3 Å². The van der Waals surface area contributed by atoms with Gasteiger partial charge in [-0.25, -0.2) is 0 Å². The predicted molar refractivity (Wildman–Crippen MR) is 95.7 cm³/mol. The average Bonchev–Trinajstić information content (AvgIpc) is 2.55. The van der Waals surface area contributed by atoms with Crippen LogP contribution in [-0.2, 0) is 9.59 Å². The van der Waals surface area contributed by atoms with Crippen LogP contribution >= 0.6 is 0 Å². The van der Waals surface area contributed by atoms with Gasteiger partial charge in [0.15, 0.2) is 0 Å². The number of rotatable bonds is 4. The van der Waals surface area contributed by atoms with Crippen molar-refractivity contribution in [2.75, 3.05) is 0 Å². The van der Waals surface area contributed by atoms with E-state index in [0.717, 1.165) is 0 Å². The minimum atomic E-state index is -1.36. The van der Waals surface area contributed by atoms with Crippen LogP contribution in [0.25, 0.3) is 0 Å². The summed E-state index contributed by atoms with van der Waals surface area (Å²) in [5, 5.41) is 21.0. The number of hydrogen-bond donors (Lipinski definition) is 0. The van der Waals surface area contributed by atoms with E-state index in [1.54, 1.807) is 12.1 Å². The molecule has 0 saturated heterocycles. The molecule has 2 aromatic carbocycles. The van der Waals surface area contributed by atoms with Gasteiger partial charge in [-0.2, -0.15) is 0 Å². The van der Waals surface area contributed by atoms with Crippen molar-refractivity contribution in [3.8, 4) is 11.5 Å². The second-order valence-electron chi connectivity index (χ2n) is 4.75. The molecule has 10 heteroatoms. The van der Waals surface area contributed by atoms with Crippen LogP contribution in [0.4, 0.5) is 0 Å². The fraction of sp³-hybridized carbons (Fsp3) is 0.111. The number of benzene rings is 2. The van der Waals surface area contributed by atoms with Crippen molar-refractivity contribution in [3.05, 3.63) is 59.7 Å². The van der Waals surface area contributed by atoms with E-state index >= 15 is 0 Å². The van der Waals surface area contributed by atoms with Crippen LogP contribution in [0.1, 0.15) is 34.6 Å². The third kappa shape index (κ3) is 10.4. The van der Waals surface area contributed by atoms with Gasteiger partial charge in [-0.05, 0) is 24.3 Å². The number of carboxylic acids is 2. The second kappa shape index (κ2) is 14.8. The molecular weight excluding hydrogens is 424 g/mol. The van der Waals surface area contributed by atoms with Crippen molar-refractivity contribution in [2.24, 2.45) is 0 Å². The first kappa shape index (κ1) is 29.0. The number of carboxylic acid groups (broad SMARTS) is 2. The van der Waals surface area contributed by atoms with E-state index in [1.165, 1.54) is 50.2 Å². The summed E-state index contributed by atoms with van der Waals surface area (Å²) in [5.41, 5.74) is -0.254. The van der Waals surface area contributed by atoms with E-state index in [0.29, 0.717) is 0 Å². The zero-order valence-corrected chi connectivity index (χ0v) is 19.7. The maximum Gasteiger partial charge on any atom is 2.00 e. The van der Waals surface area contributed by atoms with Gasteiger partial charge in [0.05, 0.1) is 11.9 Å². The molecule has 0 fully saturated rings. The Balaban J connectivity index is 0. The number of ether oxygens (including phenoxy) is 2. The molecule has 136 valence electrons. The number of para-hydroxylation sites is 2. The van der Waals surface area contributed by atoms with Crippen LogP contribution in [-0.4, -0.2) is 99.4 Å². The second-order valence-corrected chi connectivity index (χ2v) is 4.75. The molecule has 0 aliphatic carbocycles. The van der Waals surface area contributed by atoms with Crippen LogP contribution in [0.2, 0.25) is 0 Å². The first-order chi connectivity index (χ1) is 12.2. The zero-order chi connectivity index (χ0) is 19.7. The standard InChI is InChI=1S/2C9H8O4.2Ca/c2*1-6(10)13-8-5-3-2-4-7(8)9(11)12;;/h2*2-5H,1H3,(H,11,12);;/q;;2*+2/p-2. The van der Waals surface area contributed by atoms with Crippen molar-refractivity contribution < 1.29 is 38.9 Å². The van der Waals surface area contributed by atoms with Crippen molar-refractivity contribution in [1.82, 2.24) is 0 Å². The molecule has 0 aliphatic heterocycles. The van der Waals surface area contributed by atoms with Crippen LogP contribution in [0.15, 0.2) is 48.5 Å². The van der Waals surface area contributed by atoms with E-state index in [9.17, 15) is 29.4 Å². The first-order valence-electron chi connectivity index (χ1n) is 7.20. The maximum absolute atomic E-state index is 10.6. The molecule has 0 spiro atoms. The van der Waals surface area contributed by atoms with E-state index in [4.69, 9.17) is 0 Å². The smallest absolute Gasteiger partial charge is 0.545 e. The monoisotopic (exact) mass is 438 g/mol. The Morgan fingerprint density at radius 1 is 0.643 bits per heavy atom. The third-order valence-electron chi connectivity index (χ3n) is 2.72. The van der Waals surface area contributed by atoms with Gasteiger partial charge in [-0.15, -0.1) is 0 Å². The van der Waals surface area contributed by atoms with Gasteiger partial charge in [-0.3, -0.25) is 9.59 Å². The fourth-order valence-corrected chi connectivity index (χ4v) is 1.76. The molecule has 0 unspecified atom stereocenters. The molecule has 0 saturated carbocycles. The summed E-state index contributed by atoms with van der Waals surface area (Å²) in [6, 6.07) is 11.6. The summed E-state index contributed by atoms with van der Waals surface area (Å²) in [6.07, 6.45) is 0. The third-order valence-corrected chi connectivity index (χ3v) is 2.72. The van der Waals surface area contributed by atoms with E-state index in [1.807, 2.05) is 0 Å². The van der Waals surface area contributed by atoms with E-state index in [2.05, 4.69) is 9.47 Å². The molecule has 0 heterocycles. The Labute approximate surface area is 220 Å². The van der Waals surface area contributed by atoms with Crippen LogP contribution in [0.5, 0.6) is 11.5 Å². The fourth-order valence-electron chi connectivity index (χ4n) is 1.76. The molecule has 0 aromatic heterocycles. The van der Waals surface area contributed by atoms with Crippen LogP contribution in [0, 0.1) is 0 Å². The number of carbonyl (C=O) groups excluding carboxylic acids is 4. The number of aromatic carboxylic acids is 2. The minimum Gasteiger partial charge on any atom is -0.545 e. The summed E-state index contributed by atoms with van der Waals surface area (Å²) < 4.78 is 9.29. The summed E-state index contributed by atoms with van der Waals surface area (Å²) in [7, 11) is 0. The van der Waals surface area contributed by atoms with E-state index < -0.39 is 23.9 Å². The molecule has 28 heavy (non-hydrogen) atoms. The van der Waals surface area contributed by atoms with Gasteiger partial charge in [0.1, 0.15) is 11.5 Å². The first-order valence-corrected chi connectivity index (χ1v) is 7.20. The molecule has 2 rings (SSSR count). The average molecular weight is 438 g/mol. The van der Waals surface area contributed by atoms with Gasteiger partial charge in [0.25, 0.3) is 0 Å². The zero-order valence-electron chi connectivity index (χ0n) is 15.3. The predicted octanol–water partition coefficient (Wildman–Crippen LogP) is -0.811. The summed E-state index contributed by atoms with van der Waals surface area (Å²) in [6.45, 7) is 2.40. The summed E-state index contributed by atoms with van der Waals surface area (Å²) in [5.74, 6) is -3.83. The molecule has 0 aliphatic rings. The quantitative estimate of drug-likeness (QED) is 0.344. The van der Waals surface area contributed by atoms with Crippen molar-refractivity contribution in [1.29, 1.82) is 0 Å². The molecule has 0 N–H and O–H groups in total.